The molecule has 0 atom stereocenters. The normalized spacial score (nSPS) is 11.3. The maximum atomic E-state index is 10.8. The minimum Gasteiger partial charge on any atom is -0.398 e. The Hall–Kier alpha value is -2.31. The summed E-state index contributed by atoms with van der Waals surface area (Å²) in [6, 6.07) is 5.53. The van der Waals surface area contributed by atoms with Crippen molar-refractivity contribution in [2.24, 2.45) is 0 Å². The van der Waals surface area contributed by atoms with Crippen molar-refractivity contribution in [3.63, 3.8) is 0 Å². The molecule has 0 aliphatic heterocycles. The lowest BCUT2D eigenvalue weighted by Crippen LogP contribution is -1.95. The molecule has 2 N–H and O–H groups in total. The first-order chi connectivity index (χ1) is 8.67. The number of allylic oxidation sites excluding steroid dienone is 5. The second-order valence-corrected chi connectivity index (χ2v) is 4.03. The van der Waals surface area contributed by atoms with Gasteiger partial charge in [-0.1, -0.05) is 36.4 Å². The van der Waals surface area contributed by atoms with E-state index in [-0.39, 0.29) is 0 Å². The van der Waals surface area contributed by atoms with E-state index < -0.39 is 0 Å². The van der Waals surface area contributed by atoms with Crippen molar-refractivity contribution in [3.05, 3.63) is 71.5 Å². The second-order valence-electron chi connectivity index (χ2n) is 4.03. The van der Waals surface area contributed by atoms with Crippen LogP contribution in [0, 0.1) is 0 Å². The van der Waals surface area contributed by atoms with Gasteiger partial charge in [0.2, 0.25) is 0 Å². The van der Waals surface area contributed by atoms with Crippen LogP contribution in [0.5, 0.6) is 0 Å². The van der Waals surface area contributed by atoms with Gasteiger partial charge in [0.1, 0.15) is 0 Å². The zero-order valence-electron chi connectivity index (χ0n) is 10.5. The second kappa shape index (κ2) is 7.10. The van der Waals surface area contributed by atoms with E-state index >= 15 is 0 Å². The highest BCUT2D eigenvalue weighted by atomic mass is 16.1. The molecule has 1 rings (SSSR count). The van der Waals surface area contributed by atoms with E-state index in [9.17, 15) is 4.79 Å². The van der Waals surface area contributed by atoms with Crippen molar-refractivity contribution in [3.8, 4) is 0 Å². The zero-order chi connectivity index (χ0) is 13.4. The number of hydrogen-bond acceptors (Lipinski definition) is 2. The van der Waals surface area contributed by atoms with Crippen LogP contribution in [0.25, 0.3) is 0 Å². The summed E-state index contributed by atoms with van der Waals surface area (Å²) in [6.07, 6.45) is 9.15. The highest BCUT2D eigenvalue weighted by molar-refractivity contribution is 5.83. The van der Waals surface area contributed by atoms with Gasteiger partial charge in [-0.3, -0.25) is 4.79 Å². The van der Waals surface area contributed by atoms with Crippen molar-refractivity contribution in [2.45, 2.75) is 13.3 Å². The summed E-state index contributed by atoms with van der Waals surface area (Å²) in [5.74, 6) is 0. The van der Waals surface area contributed by atoms with Crippen molar-refractivity contribution in [1.82, 2.24) is 0 Å². The van der Waals surface area contributed by atoms with E-state index in [0.29, 0.717) is 11.3 Å². The van der Waals surface area contributed by atoms with E-state index in [4.69, 9.17) is 5.73 Å². The number of benzene rings is 1. The molecule has 0 fully saturated rings. The Labute approximate surface area is 108 Å². The molecule has 1 aromatic carbocycles. The summed E-state index contributed by atoms with van der Waals surface area (Å²) in [5.41, 5.74) is 11.7. The molecule has 0 bridgehead atoms. The molecule has 92 valence electrons. The molecule has 0 aliphatic carbocycles. The number of anilines is 1. The fraction of sp³-hybridized carbons (Fsp3) is 0.125. The lowest BCUT2D eigenvalue weighted by Gasteiger charge is -2.04. The van der Waals surface area contributed by atoms with Crippen LogP contribution < -0.4 is 5.73 Å². The molecule has 0 aromatic heterocycles. The van der Waals surface area contributed by atoms with Gasteiger partial charge in [-0.15, -0.1) is 5.73 Å². The molecule has 0 aliphatic rings. The Balaban J connectivity index is 2.78. The van der Waals surface area contributed by atoms with Gasteiger partial charge in [0.25, 0.3) is 0 Å². The third-order valence-corrected chi connectivity index (χ3v) is 2.47. The first kappa shape index (κ1) is 13.8. The Morgan fingerprint density at radius 2 is 2.22 bits per heavy atom. The monoisotopic (exact) mass is 239 g/mol. The summed E-state index contributed by atoms with van der Waals surface area (Å²) in [4.78, 5) is 10.8. The van der Waals surface area contributed by atoms with Crippen LogP contribution >= 0.6 is 0 Å². The molecular weight excluding hydrogens is 222 g/mol. The van der Waals surface area contributed by atoms with E-state index in [1.807, 2.05) is 37.3 Å². The van der Waals surface area contributed by atoms with Gasteiger partial charge in [-0.2, -0.15) is 0 Å². The molecule has 1 aromatic rings. The molecule has 0 radical (unpaired) electrons. The summed E-state index contributed by atoms with van der Waals surface area (Å²) < 4.78 is 0. The summed E-state index contributed by atoms with van der Waals surface area (Å²) in [6.45, 7) is 5.52. The molecule has 0 saturated heterocycles. The number of carbonyl (C=O) groups excluding carboxylic acids is 1. The molecule has 2 heteroatoms. The number of carbonyl (C=O) groups is 1. The van der Waals surface area contributed by atoms with E-state index in [0.717, 1.165) is 18.3 Å². The summed E-state index contributed by atoms with van der Waals surface area (Å²) >= 11 is 0. The molecular formula is C16H17NO. The van der Waals surface area contributed by atoms with Crippen LogP contribution in [0.1, 0.15) is 22.8 Å². The van der Waals surface area contributed by atoms with Gasteiger partial charge in [0.15, 0.2) is 6.29 Å². The minimum atomic E-state index is 0.520. The smallest absolute Gasteiger partial charge is 0.152 e. The average Bonchev–Trinajstić information content (AvgIpc) is 2.37. The van der Waals surface area contributed by atoms with Gasteiger partial charge >= 0.3 is 0 Å². The highest BCUT2D eigenvalue weighted by Gasteiger charge is 2.00. The Kier molecular flexibility index (Phi) is 5.43. The minimum absolute atomic E-state index is 0.520. The fourth-order valence-corrected chi connectivity index (χ4v) is 1.56. The Bertz CT molecular complexity index is 532. The Morgan fingerprint density at radius 1 is 1.44 bits per heavy atom. The number of rotatable bonds is 5. The SMILES string of the molecule is C=C=C/C=C\C=C(\C)Cc1ccc(N)c(C=O)c1. The lowest BCUT2D eigenvalue weighted by molar-refractivity contribution is 0.112. The summed E-state index contributed by atoms with van der Waals surface area (Å²) in [7, 11) is 0. The van der Waals surface area contributed by atoms with Crippen molar-refractivity contribution in [2.75, 3.05) is 5.73 Å². The van der Waals surface area contributed by atoms with Crippen LogP contribution in [-0.4, -0.2) is 6.29 Å². The van der Waals surface area contributed by atoms with Gasteiger partial charge in [0.05, 0.1) is 0 Å². The number of nitrogen functional groups attached to an aromatic ring is 1. The van der Waals surface area contributed by atoms with Gasteiger partial charge < -0.3 is 5.73 Å². The standard InChI is InChI=1S/C16H17NO/c1-3-4-5-6-7-13(2)10-14-8-9-16(17)15(11-14)12-18/h4-9,11-12H,1,10,17H2,2H3/b6-5-,13-7-. The molecule has 0 spiro atoms. The maximum Gasteiger partial charge on any atom is 0.152 e. The number of aldehydes is 1. The predicted octanol–water partition coefficient (Wildman–Crippen LogP) is 3.47. The lowest BCUT2D eigenvalue weighted by atomic mass is 10.0. The van der Waals surface area contributed by atoms with Crippen LogP contribution in [-0.2, 0) is 6.42 Å². The van der Waals surface area contributed by atoms with Crippen molar-refractivity contribution in [1.29, 1.82) is 0 Å². The molecule has 0 amide bonds. The molecule has 0 unspecified atom stereocenters. The maximum absolute atomic E-state index is 10.8. The molecule has 2 nitrogen and oxygen atoms in total. The van der Waals surface area contributed by atoms with E-state index in [1.54, 1.807) is 12.1 Å². The fourth-order valence-electron chi connectivity index (χ4n) is 1.56. The predicted molar refractivity (Wildman–Crippen MR) is 76.6 cm³/mol. The third-order valence-electron chi connectivity index (χ3n) is 2.47. The van der Waals surface area contributed by atoms with Gasteiger partial charge in [-0.05, 0) is 37.1 Å². The number of nitrogens with two attached hydrogens (primary N) is 1. The molecule has 18 heavy (non-hydrogen) atoms. The first-order valence-corrected chi connectivity index (χ1v) is 5.69. The largest absolute Gasteiger partial charge is 0.398 e. The molecule has 0 saturated carbocycles. The molecule has 0 heterocycles. The van der Waals surface area contributed by atoms with Crippen molar-refractivity contribution < 1.29 is 4.79 Å². The topological polar surface area (TPSA) is 43.1 Å². The highest BCUT2D eigenvalue weighted by Crippen LogP contribution is 2.15. The van der Waals surface area contributed by atoms with E-state index in [1.165, 1.54) is 5.57 Å². The van der Waals surface area contributed by atoms with Gasteiger partial charge in [0, 0.05) is 11.3 Å². The first-order valence-electron chi connectivity index (χ1n) is 5.69. The van der Waals surface area contributed by atoms with Gasteiger partial charge in [-0.25, -0.2) is 0 Å². The van der Waals surface area contributed by atoms with Crippen LogP contribution in [0.15, 0.2) is 60.4 Å². The zero-order valence-corrected chi connectivity index (χ0v) is 10.5. The Morgan fingerprint density at radius 3 is 2.89 bits per heavy atom. The van der Waals surface area contributed by atoms with Crippen molar-refractivity contribution >= 4 is 12.0 Å². The van der Waals surface area contributed by atoms with Crippen LogP contribution in [0.2, 0.25) is 0 Å². The van der Waals surface area contributed by atoms with E-state index in [2.05, 4.69) is 12.3 Å². The average molecular weight is 239 g/mol. The van der Waals surface area contributed by atoms with Crippen LogP contribution in [0.4, 0.5) is 5.69 Å². The summed E-state index contributed by atoms with van der Waals surface area (Å²) in [5, 5.41) is 0. The third kappa shape index (κ3) is 4.28. The van der Waals surface area contributed by atoms with Crippen LogP contribution in [0.3, 0.4) is 0 Å². The quantitative estimate of drug-likeness (QED) is 0.370. The number of hydrogen-bond donors (Lipinski definition) is 1.